The predicted octanol–water partition coefficient (Wildman–Crippen LogP) is 1.65. The smallest absolute Gasteiger partial charge is 0.123 e. The predicted molar refractivity (Wildman–Crippen MR) is 91.8 cm³/mol. The Morgan fingerprint density at radius 3 is 2.78 bits per heavy atom. The number of methoxy groups -OCH3 is 1. The molecule has 2 rings (SSSR count). The van der Waals surface area contributed by atoms with Crippen LogP contribution in [0.5, 0.6) is 5.75 Å². The lowest BCUT2D eigenvalue weighted by molar-refractivity contribution is 0.0614. The summed E-state index contributed by atoms with van der Waals surface area (Å²) in [5.74, 6) is 0.843. The molecule has 1 aliphatic heterocycles. The molecule has 0 bridgehead atoms. The maximum absolute atomic E-state index is 10.2. The zero-order valence-corrected chi connectivity index (χ0v) is 14.2. The summed E-state index contributed by atoms with van der Waals surface area (Å²) >= 11 is 0. The van der Waals surface area contributed by atoms with Gasteiger partial charge in [0.1, 0.15) is 18.5 Å². The number of β-amino-alcohol motifs (C(OH)–C–C–N with tert-alkyl or cyclic N) is 1. The van der Waals surface area contributed by atoms with Gasteiger partial charge in [-0.05, 0) is 32.0 Å². The zero-order chi connectivity index (χ0) is 16.3. The summed E-state index contributed by atoms with van der Waals surface area (Å²) in [6.07, 6.45) is 3.35. The minimum Gasteiger partial charge on any atom is -0.491 e. The van der Waals surface area contributed by atoms with E-state index in [4.69, 9.17) is 9.47 Å². The molecule has 0 saturated carbocycles. The second-order valence-electron chi connectivity index (χ2n) is 6.10. The first kappa shape index (κ1) is 18.2. The average Bonchev–Trinajstić information content (AvgIpc) is 2.59. The molecule has 1 heterocycles. The highest BCUT2D eigenvalue weighted by Crippen LogP contribution is 2.18. The van der Waals surface area contributed by atoms with Crippen LogP contribution in [0.3, 0.4) is 0 Å². The number of likely N-dealkylation sites (tertiary alicyclic amines) is 1. The lowest BCUT2D eigenvalue weighted by atomic mass is 10.1. The Morgan fingerprint density at radius 1 is 1.22 bits per heavy atom. The number of rotatable bonds is 10. The van der Waals surface area contributed by atoms with Gasteiger partial charge in [0.25, 0.3) is 0 Å². The second-order valence-corrected chi connectivity index (χ2v) is 6.10. The highest BCUT2D eigenvalue weighted by Gasteiger charge is 2.15. The van der Waals surface area contributed by atoms with Crippen LogP contribution in [-0.2, 0) is 11.3 Å². The first-order valence-corrected chi connectivity index (χ1v) is 8.60. The fourth-order valence-corrected chi connectivity index (χ4v) is 2.87. The monoisotopic (exact) mass is 322 g/mol. The van der Waals surface area contributed by atoms with E-state index < -0.39 is 6.10 Å². The van der Waals surface area contributed by atoms with Crippen LogP contribution < -0.4 is 10.1 Å². The molecular formula is C18H30N2O3. The van der Waals surface area contributed by atoms with Crippen LogP contribution >= 0.6 is 0 Å². The van der Waals surface area contributed by atoms with Gasteiger partial charge in [0.15, 0.2) is 0 Å². The quantitative estimate of drug-likeness (QED) is 0.642. The Bertz CT molecular complexity index is 436. The van der Waals surface area contributed by atoms with E-state index in [1.165, 1.54) is 19.3 Å². The minimum absolute atomic E-state index is 0.339. The molecule has 1 aromatic rings. The summed E-state index contributed by atoms with van der Waals surface area (Å²) < 4.78 is 10.9. The van der Waals surface area contributed by atoms with E-state index in [1.54, 1.807) is 7.11 Å². The molecule has 1 unspecified atom stereocenters. The number of nitrogens with one attached hydrogen (secondary N) is 1. The van der Waals surface area contributed by atoms with Gasteiger partial charge in [-0.15, -0.1) is 0 Å². The van der Waals surface area contributed by atoms with Crippen LogP contribution in [0.2, 0.25) is 0 Å². The normalized spacial score (nSPS) is 17.1. The van der Waals surface area contributed by atoms with Gasteiger partial charge in [0.2, 0.25) is 0 Å². The van der Waals surface area contributed by atoms with E-state index in [-0.39, 0.29) is 0 Å². The number of hydrogen-bond acceptors (Lipinski definition) is 5. The van der Waals surface area contributed by atoms with Crippen molar-refractivity contribution in [1.82, 2.24) is 10.2 Å². The lowest BCUT2D eigenvalue weighted by Gasteiger charge is -2.28. The van der Waals surface area contributed by atoms with Gasteiger partial charge in [-0.25, -0.2) is 0 Å². The number of nitrogens with zero attached hydrogens (tertiary/aromatic N) is 1. The fraction of sp³-hybridized carbons (Fsp3) is 0.667. The highest BCUT2D eigenvalue weighted by atomic mass is 16.5. The van der Waals surface area contributed by atoms with Crippen LogP contribution in [0.15, 0.2) is 24.3 Å². The van der Waals surface area contributed by atoms with Crippen molar-refractivity contribution >= 4 is 0 Å². The van der Waals surface area contributed by atoms with Crippen LogP contribution in [-0.4, -0.2) is 62.6 Å². The summed E-state index contributed by atoms with van der Waals surface area (Å²) in [5, 5.41) is 13.5. The third kappa shape index (κ3) is 6.87. The maximum atomic E-state index is 10.2. The zero-order valence-electron chi connectivity index (χ0n) is 14.2. The molecule has 0 amide bonds. The Morgan fingerprint density at radius 2 is 2.00 bits per heavy atom. The number of piperidine rings is 1. The number of hydrogen-bond donors (Lipinski definition) is 2. The van der Waals surface area contributed by atoms with Crippen molar-refractivity contribution in [3.8, 4) is 5.75 Å². The molecule has 0 radical (unpaired) electrons. The van der Waals surface area contributed by atoms with Crippen molar-refractivity contribution in [2.24, 2.45) is 0 Å². The molecule has 23 heavy (non-hydrogen) atoms. The third-order valence-corrected chi connectivity index (χ3v) is 4.12. The Labute approximate surface area is 139 Å². The Hall–Kier alpha value is -1.14. The summed E-state index contributed by atoms with van der Waals surface area (Å²) in [4.78, 5) is 2.33. The molecule has 1 aromatic carbocycles. The lowest BCUT2D eigenvalue weighted by Crippen LogP contribution is -2.38. The van der Waals surface area contributed by atoms with E-state index in [9.17, 15) is 5.11 Å². The number of aliphatic hydroxyl groups is 1. The largest absolute Gasteiger partial charge is 0.491 e. The van der Waals surface area contributed by atoms with Gasteiger partial charge < -0.3 is 24.8 Å². The summed E-state index contributed by atoms with van der Waals surface area (Å²) in [5.41, 5.74) is 1.11. The van der Waals surface area contributed by atoms with Gasteiger partial charge in [-0.1, -0.05) is 24.6 Å². The molecule has 2 N–H and O–H groups in total. The minimum atomic E-state index is -0.442. The summed E-state index contributed by atoms with van der Waals surface area (Å²) in [6.45, 7) is 5.47. The maximum Gasteiger partial charge on any atom is 0.123 e. The topological polar surface area (TPSA) is 54.0 Å². The number of aliphatic hydroxyl groups excluding tert-OH is 1. The van der Waals surface area contributed by atoms with E-state index in [2.05, 4.69) is 10.2 Å². The molecule has 1 aliphatic rings. The first-order chi connectivity index (χ1) is 11.3. The molecule has 130 valence electrons. The average molecular weight is 322 g/mol. The highest BCUT2D eigenvalue weighted by molar-refractivity contribution is 5.33. The molecule has 0 aliphatic carbocycles. The van der Waals surface area contributed by atoms with Crippen LogP contribution in [0.1, 0.15) is 24.8 Å². The first-order valence-electron chi connectivity index (χ1n) is 8.60. The second kappa shape index (κ2) is 10.6. The van der Waals surface area contributed by atoms with Gasteiger partial charge in [-0.3, -0.25) is 0 Å². The number of benzene rings is 1. The SMILES string of the molecule is COCCNCc1ccccc1OCC(O)CN1CCCCC1. The molecular weight excluding hydrogens is 292 g/mol. The molecule has 1 fully saturated rings. The summed E-state index contributed by atoms with van der Waals surface area (Å²) in [6, 6.07) is 7.97. The molecule has 5 heteroatoms. The molecule has 1 saturated heterocycles. The van der Waals surface area contributed by atoms with Crippen molar-refractivity contribution in [3.05, 3.63) is 29.8 Å². The van der Waals surface area contributed by atoms with E-state index in [1.807, 2.05) is 24.3 Å². The summed E-state index contributed by atoms with van der Waals surface area (Å²) in [7, 11) is 1.70. The molecule has 0 aromatic heterocycles. The van der Waals surface area contributed by atoms with E-state index in [0.29, 0.717) is 19.8 Å². The van der Waals surface area contributed by atoms with Crippen molar-refractivity contribution in [2.45, 2.75) is 31.9 Å². The Kier molecular flexibility index (Phi) is 8.39. The van der Waals surface area contributed by atoms with Crippen LogP contribution in [0.4, 0.5) is 0 Å². The van der Waals surface area contributed by atoms with E-state index in [0.717, 1.165) is 37.5 Å². The number of para-hydroxylation sites is 1. The molecule has 0 spiro atoms. The molecule has 5 nitrogen and oxygen atoms in total. The fourth-order valence-electron chi connectivity index (χ4n) is 2.87. The Balaban J connectivity index is 1.75. The van der Waals surface area contributed by atoms with Gasteiger partial charge in [-0.2, -0.15) is 0 Å². The van der Waals surface area contributed by atoms with Gasteiger partial charge >= 0.3 is 0 Å². The van der Waals surface area contributed by atoms with Crippen molar-refractivity contribution in [1.29, 1.82) is 0 Å². The van der Waals surface area contributed by atoms with Gasteiger partial charge in [0.05, 0.1) is 6.61 Å². The standard InChI is InChI=1S/C18H30N2O3/c1-22-12-9-19-13-16-7-3-4-8-18(16)23-15-17(21)14-20-10-5-2-6-11-20/h3-4,7-8,17,19,21H,2,5-6,9-15H2,1H3. The van der Waals surface area contributed by atoms with Crippen LogP contribution in [0.25, 0.3) is 0 Å². The van der Waals surface area contributed by atoms with Crippen molar-refractivity contribution in [3.63, 3.8) is 0 Å². The van der Waals surface area contributed by atoms with Crippen molar-refractivity contribution < 1.29 is 14.6 Å². The third-order valence-electron chi connectivity index (χ3n) is 4.12. The van der Waals surface area contributed by atoms with Crippen molar-refractivity contribution in [2.75, 3.05) is 46.5 Å². The van der Waals surface area contributed by atoms with Crippen LogP contribution in [0, 0.1) is 0 Å². The van der Waals surface area contributed by atoms with Gasteiger partial charge in [0, 0.05) is 32.3 Å². The van der Waals surface area contributed by atoms with E-state index >= 15 is 0 Å². The molecule has 1 atom stereocenters. The number of ether oxygens (including phenoxy) is 2.